The van der Waals surface area contributed by atoms with E-state index in [0.717, 1.165) is 23.5 Å². The maximum Gasteiger partial charge on any atom is 0.165 e. The first-order chi connectivity index (χ1) is 8.31. The number of para-hydroxylation sites is 1. The Hall–Kier alpha value is -1.66. The van der Waals surface area contributed by atoms with Crippen LogP contribution >= 0.6 is 0 Å². The minimum absolute atomic E-state index is 0.0533. The zero-order valence-corrected chi connectivity index (χ0v) is 10.0. The monoisotopic (exact) mass is 231 g/mol. The van der Waals surface area contributed by atoms with Gasteiger partial charge in [-0.2, -0.15) is 0 Å². The molecule has 17 heavy (non-hydrogen) atoms. The van der Waals surface area contributed by atoms with Gasteiger partial charge >= 0.3 is 0 Å². The van der Waals surface area contributed by atoms with Crippen molar-refractivity contribution < 1.29 is 9.47 Å². The van der Waals surface area contributed by atoms with Crippen LogP contribution in [0.3, 0.4) is 0 Å². The normalized spacial score (nSPS) is 15.8. The number of fused-ring (bicyclic) bond motifs is 1. The highest BCUT2D eigenvalue weighted by Crippen LogP contribution is 2.33. The van der Waals surface area contributed by atoms with Crippen LogP contribution in [0, 0.1) is 12.3 Å². The van der Waals surface area contributed by atoms with E-state index in [-0.39, 0.29) is 6.04 Å². The Morgan fingerprint density at radius 2 is 2.24 bits per heavy atom. The van der Waals surface area contributed by atoms with Crippen molar-refractivity contribution in [3.05, 3.63) is 23.8 Å². The second-order valence-electron chi connectivity index (χ2n) is 4.06. The van der Waals surface area contributed by atoms with Crippen molar-refractivity contribution in [3.63, 3.8) is 0 Å². The fraction of sp³-hybridized carbons (Fsp3) is 0.429. The van der Waals surface area contributed by atoms with Crippen LogP contribution in [-0.4, -0.2) is 19.3 Å². The van der Waals surface area contributed by atoms with Gasteiger partial charge in [0.25, 0.3) is 0 Å². The number of hydrogen-bond acceptors (Lipinski definition) is 3. The number of rotatable bonds is 3. The minimum atomic E-state index is 0.0533. The van der Waals surface area contributed by atoms with E-state index in [0.29, 0.717) is 19.8 Å². The van der Waals surface area contributed by atoms with Gasteiger partial charge < -0.3 is 9.47 Å². The SMILES string of the molecule is C#CC(C)NCc1cccc2c1OCCCO2. The van der Waals surface area contributed by atoms with Crippen molar-refractivity contribution in [2.45, 2.75) is 25.9 Å². The zero-order valence-electron chi connectivity index (χ0n) is 10.0. The molecule has 0 aromatic heterocycles. The number of ether oxygens (including phenoxy) is 2. The van der Waals surface area contributed by atoms with E-state index in [9.17, 15) is 0 Å². The van der Waals surface area contributed by atoms with Gasteiger partial charge in [0.2, 0.25) is 0 Å². The fourth-order valence-corrected chi connectivity index (χ4v) is 1.72. The first kappa shape index (κ1) is 11.8. The molecular weight excluding hydrogens is 214 g/mol. The van der Waals surface area contributed by atoms with Crippen LogP contribution in [-0.2, 0) is 6.54 Å². The van der Waals surface area contributed by atoms with Crippen molar-refractivity contribution in [1.82, 2.24) is 5.32 Å². The van der Waals surface area contributed by atoms with Gasteiger partial charge in [-0.05, 0) is 13.0 Å². The lowest BCUT2D eigenvalue weighted by molar-refractivity contribution is 0.296. The Labute approximate surface area is 102 Å². The standard InChI is InChI=1S/C14H17NO2/c1-3-11(2)15-10-12-6-4-7-13-14(12)17-9-5-8-16-13/h1,4,6-7,11,15H,5,8-10H2,2H3. The molecule has 0 saturated heterocycles. The smallest absolute Gasteiger partial charge is 0.165 e. The van der Waals surface area contributed by atoms with E-state index >= 15 is 0 Å². The molecule has 1 aromatic rings. The Kier molecular flexibility index (Phi) is 3.89. The topological polar surface area (TPSA) is 30.5 Å². The zero-order chi connectivity index (χ0) is 12.1. The summed E-state index contributed by atoms with van der Waals surface area (Å²) in [6.07, 6.45) is 6.25. The number of nitrogens with one attached hydrogen (secondary N) is 1. The van der Waals surface area contributed by atoms with Gasteiger partial charge in [-0.25, -0.2) is 0 Å². The molecule has 1 heterocycles. The van der Waals surface area contributed by atoms with E-state index in [1.807, 2.05) is 25.1 Å². The third kappa shape index (κ3) is 2.92. The molecule has 0 radical (unpaired) electrons. The van der Waals surface area contributed by atoms with Gasteiger partial charge in [0, 0.05) is 18.5 Å². The summed E-state index contributed by atoms with van der Waals surface area (Å²) in [7, 11) is 0. The lowest BCUT2D eigenvalue weighted by Crippen LogP contribution is -2.23. The average molecular weight is 231 g/mol. The molecule has 1 atom stereocenters. The molecule has 90 valence electrons. The summed E-state index contributed by atoms with van der Waals surface area (Å²) in [5, 5.41) is 3.25. The quantitative estimate of drug-likeness (QED) is 0.807. The van der Waals surface area contributed by atoms with Gasteiger partial charge in [0.05, 0.1) is 19.3 Å². The maximum absolute atomic E-state index is 5.73. The first-order valence-corrected chi connectivity index (χ1v) is 5.88. The molecule has 1 N–H and O–H groups in total. The second-order valence-corrected chi connectivity index (χ2v) is 4.06. The molecule has 1 aliphatic heterocycles. The molecular formula is C14H17NO2. The third-order valence-electron chi connectivity index (χ3n) is 2.70. The summed E-state index contributed by atoms with van der Waals surface area (Å²) in [6.45, 7) is 4.07. The predicted molar refractivity (Wildman–Crippen MR) is 67.2 cm³/mol. The van der Waals surface area contributed by atoms with Crippen LogP contribution in [0.15, 0.2) is 18.2 Å². The van der Waals surface area contributed by atoms with Crippen molar-refractivity contribution in [1.29, 1.82) is 0 Å². The molecule has 0 spiro atoms. The Bertz CT molecular complexity index is 423. The molecule has 0 aliphatic carbocycles. The molecule has 1 aliphatic rings. The van der Waals surface area contributed by atoms with Crippen LogP contribution in [0.1, 0.15) is 18.9 Å². The highest BCUT2D eigenvalue weighted by Gasteiger charge is 2.14. The number of hydrogen-bond donors (Lipinski definition) is 1. The van der Waals surface area contributed by atoms with Crippen LogP contribution in [0.2, 0.25) is 0 Å². The maximum atomic E-state index is 5.73. The summed E-state index contributed by atoms with van der Waals surface area (Å²) >= 11 is 0. The minimum Gasteiger partial charge on any atom is -0.490 e. The second kappa shape index (κ2) is 5.60. The van der Waals surface area contributed by atoms with E-state index in [2.05, 4.69) is 11.2 Å². The average Bonchev–Trinajstić information content (AvgIpc) is 2.61. The number of benzene rings is 1. The lowest BCUT2D eigenvalue weighted by atomic mass is 10.1. The van der Waals surface area contributed by atoms with Crippen LogP contribution in [0.4, 0.5) is 0 Å². The van der Waals surface area contributed by atoms with Gasteiger partial charge in [-0.3, -0.25) is 5.32 Å². The van der Waals surface area contributed by atoms with Crippen molar-refractivity contribution >= 4 is 0 Å². The van der Waals surface area contributed by atoms with Crippen molar-refractivity contribution in [2.24, 2.45) is 0 Å². The molecule has 0 saturated carbocycles. The van der Waals surface area contributed by atoms with E-state index < -0.39 is 0 Å². The van der Waals surface area contributed by atoms with Crippen molar-refractivity contribution in [3.8, 4) is 23.8 Å². The van der Waals surface area contributed by atoms with E-state index in [1.54, 1.807) is 0 Å². The fourth-order valence-electron chi connectivity index (χ4n) is 1.72. The lowest BCUT2D eigenvalue weighted by Gasteiger charge is -2.14. The van der Waals surface area contributed by atoms with Gasteiger partial charge in [-0.1, -0.05) is 18.1 Å². The van der Waals surface area contributed by atoms with E-state index in [1.165, 1.54) is 0 Å². The van der Waals surface area contributed by atoms with Gasteiger partial charge in [0.1, 0.15) is 0 Å². The molecule has 1 aromatic carbocycles. The third-order valence-corrected chi connectivity index (χ3v) is 2.70. The molecule has 0 bridgehead atoms. The molecule has 0 fully saturated rings. The van der Waals surface area contributed by atoms with E-state index in [4.69, 9.17) is 15.9 Å². The summed E-state index contributed by atoms with van der Waals surface area (Å²) < 4.78 is 11.4. The summed E-state index contributed by atoms with van der Waals surface area (Å²) in [6, 6.07) is 6.00. The molecule has 2 rings (SSSR count). The summed E-state index contributed by atoms with van der Waals surface area (Å²) in [4.78, 5) is 0. The van der Waals surface area contributed by atoms with Crippen molar-refractivity contribution in [2.75, 3.05) is 13.2 Å². The molecule has 0 amide bonds. The number of terminal acetylenes is 1. The molecule has 3 nitrogen and oxygen atoms in total. The van der Waals surface area contributed by atoms with Gasteiger partial charge in [-0.15, -0.1) is 6.42 Å². The summed E-state index contributed by atoms with van der Waals surface area (Å²) in [5.41, 5.74) is 1.09. The Balaban J connectivity index is 2.14. The highest BCUT2D eigenvalue weighted by molar-refractivity contribution is 5.47. The first-order valence-electron chi connectivity index (χ1n) is 5.88. The Morgan fingerprint density at radius 1 is 1.41 bits per heavy atom. The largest absolute Gasteiger partial charge is 0.490 e. The Morgan fingerprint density at radius 3 is 3.06 bits per heavy atom. The summed E-state index contributed by atoms with van der Waals surface area (Å²) in [5.74, 6) is 4.32. The van der Waals surface area contributed by atoms with Crippen LogP contribution in [0.5, 0.6) is 11.5 Å². The van der Waals surface area contributed by atoms with Crippen LogP contribution < -0.4 is 14.8 Å². The molecule has 1 unspecified atom stereocenters. The molecule has 3 heteroatoms. The highest BCUT2D eigenvalue weighted by atomic mass is 16.5. The van der Waals surface area contributed by atoms with Crippen LogP contribution in [0.25, 0.3) is 0 Å². The predicted octanol–water partition coefficient (Wildman–Crippen LogP) is 1.96. The van der Waals surface area contributed by atoms with Gasteiger partial charge in [0.15, 0.2) is 11.5 Å².